The molecule has 1 aliphatic heterocycles. The van der Waals surface area contributed by atoms with Crippen molar-refractivity contribution in [3.8, 4) is 0 Å². The van der Waals surface area contributed by atoms with Crippen LogP contribution < -0.4 is 10.6 Å². The molecule has 0 spiro atoms. The molecule has 0 aromatic carbocycles. The maximum absolute atomic E-state index is 11.4. The molecule has 1 amide bonds. The Bertz CT molecular complexity index is 211. The number of morpholine rings is 1. The van der Waals surface area contributed by atoms with Crippen molar-refractivity contribution in [2.45, 2.75) is 19.4 Å². The van der Waals surface area contributed by atoms with Crippen molar-refractivity contribution in [3.05, 3.63) is 0 Å². The Morgan fingerprint density at radius 2 is 2.38 bits per heavy atom. The molecule has 1 rings (SSSR count). The lowest BCUT2D eigenvalue weighted by Gasteiger charge is -2.32. The molecule has 5 nitrogen and oxygen atoms in total. The van der Waals surface area contributed by atoms with Gasteiger partial charge in [0.15, 0.2) is 0 Å². The molecule has 0 aromatic heterocycles. The first-order valence-electron chi connectivity index (χ1n) is 6.01. The first kappa shape index (κ1) is 13.4. The molecule has 1 atom stereocenters. The van der Waals surface area contributed by atoms with Gasteiger partial charge in [0.1, 0.15) is 0 Å². The summed E-state index contributed by atoms with van der Waals surface area (Å²) in [5.74, 6) is 0.0894. The highest BCUT2D eigenvalue weighted by Gasteiger charge is 2.19. The molecule has 5 heteroatoms. The van der Waals surface area contributed by atoms with Gasteiger partial charge in [-0.05, 0) is 13.6 Å². The first-order chi connectivity index (χ1) is 7.76. The highest BCUT2D eigenvalue weighted by molar-refractivity contribution is 5.76. The van der Waals surface area contributed by atoms with Crippen LogP contribution in [0.1, 0.15) is 13.3 Å². The molecule has 16 heavy (non-hydrogen) atoms. The average Bonchev–Trinajstić information content (AvgIpc) is 2.34. The Morgan fingerprint density at radius 1 is 1.56 bits per heavy atom. The van der Waals surface area contributed by atoms with Crippen molar-refractivity contribution >= 4 is 5.91 Å². The van der Waals surface area contributed by atoms with Crippen LogP contribution in [0.15, 0.2) is 0 Å². The van der Waals surface area contributed by atoms with Crippen LogP contribution in [0.2, 0.25) is 0 Å². The Labute approximate surface area is 97.5 Å². The van der Waals surface area contributed by atoms with Crippen LogP contribution >= 0.6 is 0 Å². The standard InChI is InChI=1S/C11H23N3O2/c1-3-14-6-7-16-10(9-14)8-13-11(15)4-5-12-2/h10,12H,3-9H2,1-2H3,(H,13,15). The topological polar surface area (TPSA) is 53.6 Å². The summed E-state index contributed by atoms with van der Waals surface area (Å²) in [5.41, 5.74) is 0. The number of hydrogen-bond donors (Lipinski definition) is 2. The lowest BCUT2D eigenvalue weighted by atomic mass is 10.2. The highest BCUT2D eigenvalue weighted by atomic mass is 16.5. The lowest BCUT2D eigenvalue weighted by molar-refractivity contribution is -0.122. The van der Waals surface area contributed by atoms with E-state index in [-0.39, 0.29) is 12.0 Å². The smallest absolute Gasteiger partial charge is 0.221 e. The van der Waals surface area contributed by atoms with E-state index in [0.29, 0.717) is 13.0 Å². The lowest BCUT2D eigenvalue weighted by Crippen LogP contribution is -2.47. The Kier molecular flexibility index (Phi) is 6.37. The monoisotopic (exact) mass is 229 g/mol. The summed E-state index contributed by atoms with van der Waals surface area (Å²) in [6.07, 6.45) is 0.674. The van der Waals surface area contributed by atoms with Crippen molar-refractivity contribution < 1.29 is 9.53 Å². The van der Waals surface area contributed by atoms with Crippen molar-refractivity contribution in [3.63, 3.8) is 0 Å². The van der Waals surface area contributed by atoms with E-state index in [9.17, 15) is 4.79 Å². The summed E-state index contributed by atoms with van der Waals surface area (Å²) in [7, 11) is 1.84. The molecule has 2 N–H and O–H groups in total. The number of rotatable bonds is 6. The quantitative estimate of drug-likeness (QED) is 0.640. The van der Waals surface area contributed by atoms with Crippen molar-refractivity contribution in [2.24, 2.45) is 0 Å². The van der Waals surface area contributed by atoms with Gasteiger partial charge in [-0.15, -0.1) is 0 Å². The Hall–Kier alpha value is -0.650. The van der Waals surface area contributed by atoms with Crippen LogP contribution in [0.4, 0.5) is 0 Å². The zero-order chi connectivity index (χ0) is 11.8. The number of ether oxygens (including phenoxy) is 1. The number of likely N-dealkylation sites (N-methyl/N-ethyl adjacent to an activating group) is 1. The average molecular weight is 229 g/mol. The molecule has 0 bridgehead atoms. The minimum Gasteiger partial charge on any atom is -0.374 e. The maximum atomic E-state index is 11.4. The molecule has 1 saturated heterocycles. The van der Waals surface area contributed by atoms with E-state index >= 15 is 0 Å². The van der Waals surface area contributed by atoms with Gasteiger partial charge >= 0.3 is 0 Å². The molecular weight excluding hydrogens is 206 g/mol. The largest absolute Gasteiger partial charge is 0.374 e. The Balaban J connectivity index is 2.14. The minimum atomic E-state index is 0.0894. The highest BCUT2D eigenvalue weighted by Crippen LogP contribution is 2.03. The van der Waals surface area contributed by atoms with Crippen LogP contribution in [-0.2, 0) is 9.53 Å². The van der Waals surface area contributed by atoms with E-state index < -0.39 is 0 Å². The third-order valence-electron chi connectivity index (χ3n) is 2.80. The second-order valence-electron chi connectivity index (χ2n) is 4.04. The fourth-order valence-electron chi connectivity index (χ4n) is 1.75. The molecule has 1 heterocycles. The number of amides is 1. The summed E-state index contributed by atoms with van der Waals surface area (Å²) in [6.45, 7) is 7.23. The SMILES string of the molecule is CCN1CCOC(CNC(=O)CCNC)C1. The summed E-state index contributed by atoms with van der Waals surface area (Å²) in [4.78, 5) is 13.7. The number of nitrogens with one attached hydrogen (secondary N) is 2. The second-order valence-corrected chi connectivity index (χ2v) is 4.04. The van der Waals surface area contributed by atoms with Gasteiger partial charge in [-0.25, -0.2) is 0 Å². The van der Waals surface area contributed by atoms with Gasteiger partial charge in [-0.1, -0.05) is 6.92 Å². The van der Waals surface area contributed by atoms with E-state index in [0.717, 1.165) is 32.8 Å². The fourth-order valence-corrected chi connectivity index (χ4v) is 1.75. The summed E-state index contributed by atoms with van der Waals surface area (Å²) < 4.78 is 5.59. The number of nitrogens with zero attached hydrogens (tertiary/aromatic N) is 1. The van der Waals surface area contributed by atoms with Gasteiger partial charge in [-0.3, -0.25) is 9.69 Å². The van der Waals surface area contributed by atoms with Gasteiger partial charge in [0.2, 0.25) is 5.91 Å². The third-order valence-corrected chi connectivity index (χ3v) is 2.80. The van der Waals surface area contributed by atoms with Crippen LogP contribution in [0.25, 0.3) is 0 Å². The minimum absolute atomic E-state index is 0.0894. The molecule has 0 radical (unpaired) electrons. The van der Waals surface area contributed by atoms with E-state index in [4.69, 9.17) is 4.74 Å². The van der Waals surface area contributed by atoms with Crippen LogP contribution in [0.3, 0.4) is 0 Å². The second kappa shape index (κ2) is 7.60. The van der Waals surface area contributed by atoms with E-state index in [1.165, 1.54) is 0 Å². The molecule has 1 fully saturated rings. The maximum Gasteiger partial charge on any atom is 0.221 e. The van der Waals surface area contributed by atoms with E-state index in [1.54, 1.807) is 0 Å². The molecule has 1 aliphatic rings. The van der Waals surface area contributed by atoms with E-state index in [1.807, 2.05) is 7.05 Å². The molecule has 0 saturated carbocycles. The fraction of sp³-hybridized carbons (Fsp3) is 0.909. The zero-order valence-electron chi connectivity index (χ0n) is 10.3. The molecule has 1 unspecified atom stereocenters. The van der Waals surface area contributed by atoms with E-state index in [2.05, 4.69) is 22.5 Å². The first-order valence-corrected chi connectivity index (χ1v) is 6.01. The van der Waals surface area contributed by atoms with Crippen molar-refractivity contribution in [1.82, 2.24) is 15.5 Å². The van der Waals surface area contributed by atoms with Gasteiger partial charge in [0, 0.05) is 32.6 Å². The number of carbonyl (C=O) groups is 1. The number of carbonyl (C=O) groups excluding carboxylic acids is 1. The Morgan fingerprint density at radius 3 is 3.06 bits per heavy atom. The number of hydrogen-bond acceptors (Lipinski definition) is 4. The summed E-state index contributed by atoms with van der Waals surface area (Å²) in [6, 6.07) is 0. The van der Waals surface area contributed by atoms with Crippen molar-refractivity contribution in [2.75, 3.05) is 46.4 Å². The van der Waals surface area contributed by atoms with Crippen LogP contribution in [-0.4, -0.2) is 63.3 Å². The van der Waals surface area contributed by atoms with Crippen molar-refractivity contribution in [1.29, 1.82) is 0 Å². The zero-order valence-corrected chi connectivity index (χ0v) is 10.3. The van der Waals surface area contributed by atoms with Crippen LogP contribution in [0.5, 0.6) is 0 Å². The van der Waals surface area contributed by atoms with Gasteiger partial charge in [-0.2, -0.15) is 0 Å². The predicted octanol–water partition coefficient (Wildman–Crippen LogP) is -0.567. The molecular formula is C11H23N3O2. The summed E-state index contributed by atoms with van der Waals surface area (Å²) in [5, 5.41) is 5.85. The third kappa shape index (κ3) is 4.92. The summed E-state index contributed by atoms with van der Waals surface area (Å²) >= 11 is 0. The predicted molar refractivity (Wildman–Crippen MR) is 63.4 cm³/mol. The normalized spacial score (nSPS) is 22.0. The van der Waals surface area contributed by atoms with Crippen LogP contribution in [0, 0.1) is 0 Å². The van der Waals surface area contributed by atoms with Gasteiger partial charge in [0.25, 0.3) is 0 Å². The van der Waals surface area contributed by atoms with Gasteiger partial charge in [0.05, 0.1) is 12.7 Å². The molecule has 0 aliphatic carbocycles. The molecule has 0 aromatic rings. The van der Waals surface area contributed by atoms with Gasteiger partial charge < -0.3 is 15.4 Å². The molecule has 94 valence electrons.